The average Bonchev–Trinajstić information content (AvgIpc) is 3.16. The Morgan fingerprint density at radius 3 is 2.48 bits per heavy atom. The molecule has 0 atom stereocenters. The summed E-state index contributed by atoms with van der Waals surface area (Å²) in [6.45, 7) is 5.23. The fourth-order valence-electron chi connectivity index (χ4n) is 3.48. The molecule has 0 bridgehead atoms. The molecule has 4 aromatic rings. The van der Waals surface area contributed by atoms with Crippen molar-refractivity contribution in [1.29, 1.82) is 0 Å². The molecular formula is C26H26N2O2S. The lowest BCUT2D eigenvalue weighted by atomic mass is 10.1. The van der Waals surface area contributed by atoms with Gasteiger partial charge in [0.05, 0.1) is 12.3 Å². The van der Waals surface area contributed by atoms with E-state index in [9.17, 15) is 4.79 Å². The van der Waals surface area contributed by atoms with Gasteiger partial charge < -0.3 is 15.0 Å². The summed E-state index contributed by atoms with van der Waals surface area (Å²) in [6, 6.07) is 24.2. The van der Waals surface area contributed by atoms with Crippen molar-refractivity contribution in [2.45, 2.75) is 18.7 Å². The Morgan fingerprint density at radius 2 is 1.74 bits per heavy atom. The number of benzene rings is 3. The number of nitrogens with one attached hydrogen (secondary N) is 2. The first-order chi connectivity index (χ1) is 15.2. The fraction of sp³-hybridized carbons (Fsp3) is 0.192. The Morgan fingerprint density at radius 1 is 1.00 bits per heavy atom. The zero-order chi connectivity index (χ0) is 21.6. The van der Waals surface area contributed by atoms with Gasteiger partial charge in [-0.25, -0.2) is 0 Å². The quantitative estimate of drug-likeness (QED) is 0.264. The normalized spacial score (nSPS) is 10.9. The van der Waals surface area contributed by atoms with E-state index < -0.39 is 0 Å². The lowest BCUT2D eigenvalue weighted by Gasteiger charge is -2.08. The van der Waals surface area contributed by atoms with Crippen molar-refractivity contribution in [3.05, 3.63) is 83.9 Å². The second-order valence-corrected chi connectivity index (χ2v) is 8.41. The fourth-order valence-corrected chi connectivity index (χ4v) is 4.53. The highest BCUT2D eigenvalue weighted by Gasteiger charge is 2.14. The molecule has 1 amide bonds. The first-order valence-corrected chi connectivity index (χ1v) is 11.5. The topological polar surface area (TPSA) is 54.1 Å². The molecule has 4 rings (SSSR count). The number of hydrogen-bond acceptors (Lipinski definition) is 3. The smallest absolute Gasteiger partial charge is 0.251 e. The second kappa shape index (κ2) is 9.75. The molecule has 31 heavy (non-hydrogen) atoms. The molecule has 4 nitrogen and oxygen atoms in total. The van der Waals surface area contributed by atoms with Gasteiger partial charge in [0, 0.05) is 33.7 Å². The van der Waals surface area contributed by atoms with Crippen LogP contribution >= 0.6 is 11.8 Å². The maximum Gasteiger partial charge on any atom is 0.251 e. The third kappa shape index (κ3) is 4.94. The van der Waals surface area contributed by atoms with Crippen molar-refractivity contribution in [1.82, 2.24) is 10.3 Å². The molecule has 2 N–H and O–H groups in total. The number of hydrogen-bond donors (Lipinski definition) is 2. The Hall–Kier alpha value is -3.18. The average molecular weight is 431 g/mol. The molecule has 0 saturated carbocycles. The van der Waals surface area contributed by atoms with E-state index in [0.29, 0.717) is 18.7 Å². The maximum atomic E-state index is 12.4. The van der Waals surface area contributed by atoms with Gasteiger partial charge >= 0.3 is 0 Å². The van der Waals surface area contributed by atoms with Crippen LogP contribution in [0.25, 0.3) is 22.2 Å². The molecule has 0 unspecified atom stereocenters. The van der Waals surface area contributed by atoms with Gasteiger partial charge in [-0.15, -0.1) is 11.8 Å². The first-order valence-electron chi connectivity index (χ1n) is 10.5. The third-order valence-corrected chi connectivity index (χ3v) is 6.18. The Balaban J connectivity index is 1.43. The number of aromatic nitrogens is 1. The van der Waals surface area contributed by atoms with E-state index in [1.54, 1.807) is 23.9 Å². The Labute approximate surface area is 187 Å². The standard InChI is InChI=1S/C26H26N2O2S/c1-3-30-21-14-12-20(13-15-21)26(29)27-16-17-31-25-22-6-4-5-7-23(22)28-24(25)19-10-8-18(2)9-11-19/h4-15,28H,3,16-17H2,1-2H3,(H,27,29). The van der Waals surface area contributed by atoms with Gasteiger partial charge in [-0.1, -0.05) is 48.0 Å². The van der Waals surface area contributed by atoms with Gasteiger partial charge in [0.1, 0.15) is 5.75 Å². The minimum atomic E-state index is -0.0682. The first kappa shape index (κ1) is 21.1. The van der Waals surface area contributed by atoms with Crippen molar-refractivity contribution >= 4 is 28.6 Å². The van der Waals surface area contributed by atoms with Crippen LogP contribution in [0.4, 0.5) is 0 Å². The molecule has 3 aromatic carbocycles. The summed E-state index contributed by atoms with van der Waals surface area (Å²) in [5.41, 5.74) is 5.30. The van der Waals surface area contributed by atoms with Crippen molar-refractivity contribution in [2.75, 3.05) is 18.9 Å². The lowest BCUT2D eigenvalue weighted by Crippen LogP contribution is -2.25. The predicted octanol–water partition coefficient (Wildman–Crippen LogP) is 6.06. The summed E-state index contributed by atoms with van der Waals surface area (Å²) >= 11 is 1.76. The van der Waals surface area contributed by atoms with Crippen LogP contribution in [0.5, 0.6) is 5.75 Å². The molecule has 0 saturated heterocycles. The number of ether oxygens (including phenoxy) is 1. The Kier molecular flexibility index (Phi) is 6.63. The van der Waals surface area contributed by atoms with Crippen molar-refractivity contribution in [2.24, 2.45) is 0 Å². The molecule has 0 spiro atoms. The van der Waals surface area contributed by atoms with E-state index in [-0.39, 0.29) is 5.91 Å². The van der Waals surface area contributed by atoms with Gasteiger partial charge in [-0.05, 0) is 49.7 Å². The number of amides is 1. The molecule has 5 heteroatoms. The monoisotopic (exact) mass is 430 g/mol. The number of carbonyl (C=O) groups excluding carboxylic acids is 1. The summed E-state index contributed by atoms with van der Waals surface area (Å²) in [5, 5.41) is 4.23. The molecule has 158 valence electrons. The summed E-state index contributed by atoms with van der Waals surface area (Å²) in [4.78, 5) is 17.2. The van der Waals surface area contributed by atoms with E-state index in [1.165, 1.54) is 21.4 Å². The molecule has 1 heterocycles. The molecule has 0 radical (unpaired) electrons. The van der Waals surface area contributed by atoms with Gasteiger partial charge in [0.25, 0.3) is 5.91 Å². The van der Waals surface area contributed by atoms with Gasteiger partial charge in [-0.2, -0.15) is 0 Å². The largest absolute Gasteiger partial charge is 0.494 e. The van der Waals surface area contributed by atoms with Crippen molar-refractivity contribution in [3.8, 4) is 17.0 Å². The number of thioether (sulfide) groups is 1. The number of H-pyrrole nitrogens is 1. The van der Waals surface area contributed by atoms with Crippen LogP contribution in [0.15, 0.2) is 77.7 Å². The number of aromatic amines is 1. The zero-order valence-corrected chi connectivity index (χ0v) is 18.6. The van der Waals surface area contributed by atoms with Gasteiger partial charge in [-0.3, -0.25) is 4.79 Å². The predicted molar refractivity (Wildman–Crippen MR) is 129 cm³/mol. The highest BCUT2D eigenvalue weighted by molar-refractivity contribution is 7.99. The highest BCUT2D eigenvalue weighted by atomic mass is 32.2. The zero-order valence-electron chi connectivity index (χ0n) is 17.8. The minimum absolute atomic E-state index is 0.0682. The van der Waals surface area contributed by atoms with Crippen LogP contribution in [0.3, 0.4) is 0 Å². The van der Waals surface area contributed by atoms with Crippen LogP contribution in [-0.2, 0) is 0 Å². The molecule has 0 aliphatic heterocycles. The summed E-state index contributed by atoms with van der Waals surface area (Å²) in [5.74, 6) is 1.49. The molecular weight excluding hydrogens is 404 g/mol. The third-order valence-electron chi connectivity index (χ3n) is 5.06. The number of carbonyl (C=O) groups is 1. The Bertz CT molecular complexity index is 1160. The second-order valence-electron chi connectivity index (χ2n) is 7.30. The van der Waals surface area contributed by atoms with Gasteiger partial charge in [0.15, 0.2) is 0 Å². The molecule has 1 aromatic heterocycles. The number of para-hydroxylation sites is 1. The lowest BCUT2D eigenvalue weighted by molar-refractivity contribution is 0.0956. The SMILES string of the molecule is CCOc1ccc(C(=O)NCCSc2c(-c3ccc(C)cc3)[nH]c3ccccc23)cc1. The summed E-state index contributed by atoms with van der Waals surface area (Å²) in [7, 11) is 0. The van der Waals surface area contributed by atoms with E-state index in [2.05, 4.69) is 59.7 Å². The number of aryl methyl sites for hydroxylation is 1. The minimum Gasteiger partial charge on any atom is -0.494 e. The summed E-state index contributed by atoms with van der Waals surface area (Å²) in [6.07, 6.45) is 0. The number of rotatable bonds is 8. The van der Waals surface area contributed by atoms with Crippen LogP contribution in [0.1, 0.15) is 22.8 Å². The molecule has 0 aliphatic carbocycles. The van der Waals surface area contributed by atoms with Crippen molar-refractivity contribution < 1.29 is 9.53 Å². The van der Waals surface area contributed by atoms with Gasteiger partial charge in [0.2, 0.25) is 0 Å². The summed E-state index contributed by atoms with van der Waals surface area (Å²) < 4.78 is 5.43. The highest BCUT2D eigenvalue weighted by Crippen LogP contribution is 2.37. The molecule has 0 fully saturated rings. The van der Waals surface area contributed by atoms with Crippen LogP contribution in [0, 0.1) is 6.92 Å². The van der Waals surface area contributed by atoms with Crippen LogP contribution < -0.4 is 10.1 Å². The number of fused-ring (bicyclic) bond motifs is 1. The van der Waals surface area contributed by atoms with E-state index >= 15 is 0 Å². The van der Waals surface area contributed by atoms with Crippen LogP contribution in [-0.4, -0.2) is 29.8 Å². The van der Waals surface area contributed by atoms with Crippen molar-refractivity contribution in [3.63, 3.8) is 0 Å². The van der Waals surface area contributed by atoms with E-state index in [0.717, 1.165) is 22.7 Å². The van der Waals surface area contributed by atoms with E-state index in [4.69, 9.17) is 4.74 Å². The van der Waals surface area contributed by atoms with E-state index in [1.807, 2.05) is 25.1 Å². The maximum absolute atomic E-state index is 12.4. The molecule has 0 aliphatic rings. The van der Waals surface area contributed by atoms with Crippen LogP contribution in [0.2, 0.25) is 0 Å².